The van der Waals surface area contributed by atoms with Gasteiger partial charge in [-0.1, -0.05) is 36.4 Å². The molecule has 0 bridgehead atoms. The number of amides is 2. The molecule has 3 aromatic carbocycles. The molecular weight excluding hydrogens is 424 g/mol. The van der Waals surface area contributed by atoms with Crippen LogP contribution in [-0.4, -0.2) is 21.8 Å². The Morgan fingerprint density at radius 3 is 1.38 bits per heavy atom. The minimum absolute atomic E-state index is 0.251. The fourth-order valence-corrected chi connectivity index (χ4v) is 3.98. The third-order valence-corrected chi connectivity index (χ3v) is 5.59. The Balaban J connectivity index is 1.35. The fraction of sp³-hybridized carbons (Fsp3) is 0.0714. The second-order valence-corrected chi connectivity index (χ2v) is 8.14. The molecule has 0 atom stereocenters. The van der Waals surface area contributed by atoms with Gasteiger partial charge in [-0.2, -0.15) is 0 Å². The molecule has 0 fully saturated rings. The normalized spacial score (nSPS) is 10.9. The van der Waals surface area contributed by atoms with Crippen LogP contribution in [0.1, 0.15) is 32.1 Å². The first kappa shape index (κ1) is 21.3. The zero-order valence-corrected chi connectivity index (χ0v) is 18.8. The molecule has 0 aliphatic heterocycles. The molecule has 2 heterocycles. The van der Waals surface area contributed by atoms with Crippen LogP contribution in [0.3, 0.4) is 0 Å². The van der Waals surface area contributed by atoms with E-state index >= 15 is 0 Å². The summed E-state index contributed by atoms with van der Waals surface area (Å²) < 4.78 is 0. The standard InChI is InChI=1S/C28H22N4O2/c1-17-15-25(21-7-3-5-9-23(21)29-17)31-27(33)19-11-13-20(14-12-19)28(34)32-26-16-18(2)30-24-10-6-4-8-22(24)26/h3-16H,1-2H3,(H,29,31,33)(H,30,32,34). The molecule has 6 heteroatoms. The number of fused-ring (bicyclic) bond motifs is 2. The van der Waals surface area contributed by atoms with E-state index in [-0.39, 0.29) is 11.8 Å². The van der Waals surface area contributed by atoms with Crippen molar-refractivity contribution < 1.29 is 9.59 Å². The van der Waals surface area contributed by atoms with E-state index in [9.17, 15) is 9.59 Å². The van der Waals surface area contributed by atoms with Crippen molar-refractivity contribution in [3.63, 3.8) is 0 Å². The lowest BCUT2D eigenvalue weighted by molar-refractivity contribution is 0.101. The summed E-state index contributed by atoms with van der Waals surface area (Å²) in [6.07, 6.45) is 0. The van der Waals surface area contributed by atoms with E-state index in [1.165, 1.54) is 0 Å². The largest absolute Gasteiger partial charge is 0.321 e. The summed E-state index contributed by atoms with van der Waals surface area (Å²) in [5.41, 5.74) is 5.61. The molecule has 2 N–H and O–H groups in total. The van der Waals surface area contributed by atoms with Gasteiger partial charge in [-0.25, -0.2) is 0 Å². The van der Waals surface area contributed by atoms with Crippen molar-refractivity contribution in [1.82, 2.24) is 9.97 Å². The maximum absolute atomic E-state index is 12.9. The minimum atomic E-state index is -0.251. The first-order valence-corrected chi connectivity index (χ1v) is 10.9. The maximum atomic E-state index is 12.9. The molecule has 0 unspecified atom stereocenters. The highest BCUT2D eigenvalue weighted by Crippen LogP contribution is 2.25. The van der Waals surface area contributed by atoms with Gasteiger partial charge in [-0.05, 0) is 62.4 Å². The molecule has 0 radical (unpaired) electrons. The summed E-state index contributed by atoms with van der Waals surface area (Å²) in [4.78, 5) is 34.8. The van der Waals surface area contributed by atoms with Gasteiger partial charge >= 0.3 is 0 Å². The van der Waals surface area contributed by atoms with E-state index in [1.54, 1.807) is 24.3 Å². The van der Waals surface area contributed by atoms with E-state index in [1.807, 2.05) is 74.5 Å². The molecule has 5 aromatic rings. The number of nitrogens with one attached hydrogen (secondary N) is 2. The van der Waals surface area contributed by atoms with Gasteiger partial charge in [0.05, 0.1) is 22.4 Å². The highest BCUT2D eigenvalue weighted by molar-refractivity contribution is 6.11. The van der Waals surface area contributed by atoms with Crippen LogP contribution in [0, 0.1) is 13.8 Å². The number of hydrogen-bond donors (Lipinski definition) is 2. The number of para-hydroxylation sites is 2. The zero-order valence-electron chi connectivity index (χ0n) is 18.8. The number of carbonyl (C=O) groups is 2. The number of nitrogens with zero attached hydrogens (tertiary/aromatic N) is 2. The number of aromatic nitrogens is 2. The smallest absolute Gasteiger partial charge is 0.255 e. The lowest BCUT2D eigenvalue weighted by atomic mass is 10.1. The minimum Gasteiger partial charge on any atom is -0.321 e. The van der Waals surface area contributed by atoms with E-state index in [0.29, 0.717) is 22.5 Å². The fourth-order valence-electron chi connectivity index (χ4n) is 3.98. The SMILES string of the molecule is Cc1cc(NC(=O)c2ccc(C(=O)Nc3cc(C)nc4ccccc34)cc2)c2ccccc2n1. The third-order valence-electron chi connectivity index (χ3n) is 5.59. The van der Waals surface area contributed by atoms with Crippen molar-refractivity contribution in [2.24, 2.45) is 0 Å². The first-order chi connectivity index (χ1) is 16.5. The van der Waals surface area contributed by atoms with Crippen LogP contribution in [-0.2, 0) is 0 Å². The van der Waals surface area contributed by atoms with Crippen LogP contribution in [0.2, 0.25) is 0 Å². The second kappa shape index (κ2) is 8.75. The average molecular weight is 447 g/mol. The van der Waals surface area contributed by atoms with Crippen LogP contribution >= 0.6 is 0 Å². The predicted octanol–water partition coefficient (Wildman–Crippen LogP) is 5.90. The summed E-state index contributed by atoms with van der Waals surface area (Å²) in [6.45, 7) is 3.78. The van der Waals surface area contributed by atoms with Gasteiger partial charge in [-0.15, -0.1) is 0 Å². The predicted molar refractivity (Wildman–Crippen MR) is 135 cm³/mol. The molecule has 5 rings (SSSR count). The molecule has 2 aromatic heterocycles. The number of hydrogen-bond acceptors (Lipinski definition) is 4. The molecule has 6 nitrogen and oxygen atoms in total. The molecule has 2 amide bonds. The van der Waals surface area contributed by atoms with Gasteiger partial charge in [-0.3, -0.25) is 19.6 Å². The Kier molecular flexibility index (Phi) is 5.47. The number of rotatable bonds is 4. The number of aryl methyl sites for hydroxylation is 2. The molecular formula is C28H22N4O2. The van der Waals surface area contributed by atoms with Gasteiger partial charge in [0.2, 0.25) is 0 Å². The van der Waals surface area contributed by atoms with E-state index < -0.39 is 0 Å². The Labute approximate surface area is 196 Å². The van der Waals surface area contributed by atoms with Crippen molar-refractivity contribution in [1.29, 1.82) is 0 Å². The molecule has 0 saturated heterocycles. The van der Waals surface area contributed by atoms with Gasteiger partial charge in [0.25, 0.3) is 11.8 Å². The van der Waals surface area contributed by atoms with Crippen molar-refractivity contribution in [3.05, 3.63) is 107 Å². The summed E-state index contributed by atoms with van der Waals surface area (Å²) in [5, 5.41) is 7.69. The van der Waals surface area contributed by atoms with Crippen LogP contribution in [0.15, 0.2) is 84.9 Å². The van der Waals surface area contributed by atoms with Crippen LogP contribution < -0.4 is 10.6 Å². The number of benzene rings is 3. The van der Waals surface area contributed by atoms with Gasteiger partial charge in [0, 0.05) is 33.3 Å². The van der Waals surface area contributed by atoms with E-state index in [0.717, 1.165) is 33.2 Å². The molecule has 0 aliphatic carbocycles. The molecule has 166 valence electrons. The summed E-state index contributed by atoms with van der Waals surface area (Å²) in [5.74, 6) is -0.503. The van der Waals surface area contributed by atoms with E-state index in [4.69, 9.17) is 0 Å². The number of pyridine rings is 2. The third kappa shape index (κ3) is 4.21. The Morgan fingerprint density at radius 1 is 0.588 bits per heavy atom. The lowest BCUT2D eigenvalue weighted by Crippen LogP contribution is -2.15. The number of carbonyl (C=O) groups excluding carboxylic acids is 2. The van der Waals surface area contributed by atoms with Gasteiger partial charge in [0.1, 0.15) is 0 Å². The number of anilines is 2. The Bertz CT molecular complexity index is 1440. The quantitative estimate of drug-likeness (QED) is 0.360. The topological polar surface area (TPSA) is 84.0 Å². The van der Waals surface area contributed by atoms with Crippen molar-refractivity contribution in [2.45, 2.75) is 13.8 Å². The monoisotopic (exact) mass is 446 g/mol. The van der Waals surface area contributed by atoms with Crippen LogP contribution in [0.5, 0.6) is 0 Å². The Hall–Kier alpha value is -4.58. The van der Waals surface area contributed by atoms with Gasteiger partial charge in [0.15, 0.2) is 0 Å². The molecule has 0 aliphatic rings. The van der Waals surface area contributed by atoms with Crippen molar-refractivity contribution in [2.75, 3.05) is 10.6 Å². The van der Waals surface area contributed by atoms with E-state index in [2.05, 4.69) is 20.6 Å². The summed E-state index contributed by atoms with van der Waals surface area (Å²) in [7, 11) is 0. The summed E-state index contributed by atoms with van der Waals surface area (Å²) in [6, 6.07) is 25.6. The highest BCUT2D eigenvalue weighted by atomic mass is 16.2. The lowest BCUT2D eigenvalue weighted by Gasteiger charge is -2.11. The first-order valence-electron chi connectivity index (χ1n) is 10.9. The van der Waals surface area contributed by atoms with Crippen molar-refractivity contribution in [3.8, 4) is 0 Å². The zero-order chi connectivity index (χ0) is 23.7. The molecule has 0 saturated carbocycles. The summed E-state index contributed by atoms with van der Waals surface area (Å²) >= 11 is 0. The Morgan fingerprint density at radius 2 is 0.971 bits per heavy atom. The van der Waals surface area contributed by atoms with Crippen LogP contribution in [0.25, 0.3) is 21.8 Å². The average Bonchev–Trinajstić information content (AvgIpc) is 2.84. The molecule has 0 spiro atoms. The van der Waals surface area contributed by atoms with Crippen molar-refractivity contribution >= 4 is 45.0 Å². The van der Waals surface area contributed by atoms with Gasteiger partial charge < -0.3 is 10.6 Å². The van der Waals surface area contributed by atoms with Crippen LogP contribution in [0.4, 0.5) is 11.4 Å². The maximum Gasteiger partial charge on any atom is 0.255 e. The molecule has 34 heavy (non-hydrogen) atoms. The second-order valence-electron chi connectivity index (χ2n) is 8.14. The highest BCUT2D eigenvalue weighted by Gasteiger charge is 2.13.